The molecule has 1 aromatic carbocycles. The van der Waals surface area contributed by atoms with Crippen LogP contribution in [0.4, 0.5) is 5.69 Å². The number of aromatic nitrogens is 1. The Labute approximate surface area is 145 Å². The van der Waals surface area contributed by atoms with E-state index in [1.165, 1.54) is 18.9 Å². The quantitative estimate of drug-likeness (QED) is 0.633. The molecular formula is C18H18N2O3S. The van der Waals surface area contributed by atoms with Crippen LogP contribution in [0.15, 0.2) is 41.6 Å². The lowest BCUT2D eigenvalue weighted by atomic mass is 9.95. The molecule has 1 aliphatic rings. The number of carbonyl (C=O) groups excluding carboxylic acids is 2. The maximum atomic E-state index is 13.0. The van der Waals surface area contributed by atoms with Gasteiger partial charge in [0.05, 0.1) is 18.2 Å². The highest BCUT2D eigenvalue weighted by Gasteiger charge is 2.28. The average Bonchev–Trinajstić information content (AvgIpc) is 2.65. The monoisotopic (exact) mass is 342 g/mol. The number of anilines is 1. The molecule has 1 aliphatic heterocycles. The van der Waals surface area contributed by atoms with Gasteiger partial charge in [0.1, 0.15) is 5.03 Å². The molecule has 0 atom stereocenters. The smallest absolute Gasteiger partial charge is 0.338 e. The summed E-state index contributed by atoms with van der Waals surface area (Å²) >= 11 is 1.45. The van der Waals surface area contributed by atoms with E-state index in [1.807, 2.05) is 12.3 Å². The first kappa shape index (κ1) is 16.5. The first-order chi connectivity index (χ1) is 11.7. The zero-order chi connectivity index (χ0) is 17.1. The van der Waals surface area contributed by atoms with Gasteiger partial charge in [0.15, 0.2) is 0 Å². The molecule has 0 saturated heterocycles. The highest BCUT2D eigenvalue weighted by molar-refractivity contribution is 7.98. The molecule has 0 saturated carbocycles. The molecule has 1 aromatic heterocycles. The molecule has 0 N–H and O–H groups in total. The summed E-state index contributed by atoms with van der Waals surface area (Å²) in [6.07, 6.45) is 5.15. The molecule has 3 rings (SSSR count). The minimum absolute atomic E-state index is 0.0876. The number of pyridine rings is 1. The Morgan fingerprint density at radius 3 is 2.75 bits per heavy atom. The molecule has 24 heavy (non-hydrogen) atoms. The number of esters is 1. The number of ether oxygens (including phenoxy) is 1. The van der Waals surface area contributed by atoms with Crippen molar-refractivity contribution >= 4 is 29.3 Å². The summed E-state index contributed by atoms with van der Waals surface area (Å²) in [6.45, 7) is 0.624. The Kier molecular flexibility index (Phi) is 4.85. The summed E-state index contributed by atoms with van der Waals surface area (Å²) in [4.78, 5) is 31.1. The second-order valence-electron chi connectivity index (χ2n) is 5.42. The van der Waals surface area contributed by atoms with Crippen LogP contribution in [0.5, 0.6) is 0 Å². The van der Waals surface area contributed by atoms with Crippen LogP contribution in [-0.4, -0.2) is 36.8 Å². The van der Waals surface area contributed by atoms with E-state index in [0.29, 0.717) is 22.7 Å². The van der Waals surface area contributed by atoms with Gasteiger partial charge in [-0.1, -0.05) is 6.07 Å². The van der Waals surface area contributed by atoms with E-state index in [4.69, 9.17) is 4.74 Å². The van der Waals surface area contributed by atoms with Gasteiger partial charge in [-0.3, -0.25) is 4.79 Å². The number of thioether (sulfide) groups is 1. The fourth-order valence-electron chi connectivity index (χ4n) is 3.00. The Morgan fingerprint density at radius 2 is 2.00 bits per heavy atom. The van der Waals surface area contributed by atoms with Gasteiger partial charge in [-0.15, -0.1) is 11.8 Å². The largest absolute Gasteiger partial charge is 0.465 e. The molecule has 0 radical (unpaired) electrons. The predicted octanol–water partition coefficient (Wildman–Crippen LogP) is 3.18. The molecule has 0 aliphatic carbocycles. The van der Waals surface area contributed by atoms with Crippen molar-refractivity contribution in [3.8, 4) is 0 Å². The van der Waals surface area contributed by atoms with Gasteiger partial charge in [-0.05, 0) is 48.9 Å². The molecule has 0 unspecified atom stereocenters. The van der Waals surface area contributed by atoms with Crippen molar-refractivity contribution in [1.29, 1.82) is 0 Å². The minimum atomic E-state index is -0.368. The van der Waals surface area contributed by atoms with E-state index < -0.39 is 0 Å². The summed E-state index contributed by atoms with van der Waals surface area (Å²) in [5.41, 5.74) is 2.77. The minimum Gasteiger partial charge on any atom is -0.465 e. The van der Waals surface area contributed by atoms with Crippen molar-refractivity contribution in [3.05, 3.63) is 53.2 Å². The number of hydrogen-bond acceptors (Lipinski definition) is 5. The number of benzene rings is 1. The van der Waals surface area contributed by atoms with Crippen LogP contribution in [0.25, 0.3) is 0 Å². The van der Waals surface area contributed by atoms with Crippen molar-refractivity contribution in [2.75, 3.05) is 24.8 Å². The lowest BCUT2D eigenvalue weighted by Crippen LogP contribution is -2.36. The number of nitrogens with zero attached hydrogens (tertiary/aromatic N) is 2. The van der Waals surface area contributed by atoms with Crippen LogP contribution in [0.2, 0.25) is 0 Å². The highest BCUT2D eigenvalue weighted by Crippen LogP contribution is 2.32. The molecule has 124 valence electrons. The van der Waals surface area contributed by atoms with Crippen LogP contribution in [-0.2, 0) is 11.2 Å². The average molecular weight is 342 g/mol. The summed E-state index contributed by atoms with van der Waals surface area (Å²) < 4.78 is 4.86. The van der Waals surface area contributed by atoms with Crippen LogP contribution < -0.4 is 4.90 Å². The van der Waals surface area contributed by atoms with Gasteiger partial charge in [0.25, 0.3) is 5.91 Å². The lowest BCUT2D eigenvalue weighted by molar-refractivity contribution is 0.0599. The number of methoxy groups -OCH3 is 1. The number of rotatable bonds is 3. The van der Waals surface area contributed by atoms with E-state index in [0.717, 1.165) is 24.1 Å². The third kappa shape index (κ3) is 2.89. The topological polar surface area (TPSA) is 59.5 Å². The fraction of sp³-hybridized carbons (Fsp3) is 0.278. The Hall–Kier alpha value is -2.34. The second-order valence-corrected chi connectivity index (χ2v) is 6.21. The van der Waals surface area contributed by atoms with Crippen LogP contribution >= 0.6 is 11.8 Å². The van der Waals surface area contributed by atoms with Gasteiger partial charge >= 0.3 is 5.97 Å². The number of carbonyl (C=O) groups is 2. The van der Waals surface area contributed by atoms with Crippen molar-refractivity contribution in [2.45, 2.75) is 17.9 Å². The zero-order valence-corrected chi connectivity index (χ0v) is 14.4. The standard InChI is InChI=1S/C18H18N2O3S/c1-23-18(22)13-6-3-9-15-12(13)8-5-11-20(15)17(21)14-7-4-10-19-16(14)24-2/h3-4,6-7,9-10H,5,8,11H2,1-2H3. The summed E-state index contributed by atoms with van der Waals surface area (Å²) in [7, 11) is 1.37. The molecule has 0 fully saturated rings. The Bertz CT molecular complexity index is 792. The van der Waals surface area contributed by atoms with Crippen LogP contribution in [0.3, 0.4) is 0 Å². The molecule has 0 spiro atoms. The molecular weight excluding hydrogens is 324 g/mol. The van der Waals surface area contributed by atoms with Crippen LogP contribution in [0.1, 0.15) is 32.7 Å². The van der Waals surface area contributed by atoms with Gasteiger partial charge in [0.2, 0.25) is 0 Å². The number of fused-ring (bicyclic) bond motifs is 1. The third-order valence-corrected chi connectivity index (χ3v) is 4.81. The third-order valence-electron chi connectivity index (χ3n) is 4.10. The van der Waals surface area contributed by atoms with Crippen molar-refractivity contribution < 1.29 is 14.3 Å². The summed E-state index contributed by atoms with van der Waals surface area (Å²) in [6, 6.07) is 8.97. The van der Waals surface area contributed by atoms with Crippen molar-refractivity contribution in [2.24, 2.45) is 0 Å². The van der Waals surface area contributed by atoms with E-state index in [2.05, 4.69) is 4.98 Å². The van der Waals surface area contributed by atoms with Gasteiger partial charge in [-0.25, -0.2) is 9.78 Å². The van der Waals surface area contributed by atoms with E-state index in [1.54, 1.807) is 35.4 Å². The molecule has 1 amide bonds. The molecule has 2 aromatic rings. The number of hydrogen-bond donors (Lipinski definition) is 0. The molecule has 2 heterocycles. The first-order valence-corrected chi connectivity index (χ1v) is 8.91. The van der Waals surface area contributed by atoms with E-state index in [9.17, 15) is 9.59 Å². The van der Waals surface area contributed by atoms with Gasteiger partial charge in [-0.2, -0.15) is 0 Å². The zero-order valence-electron chi connectivity index (χ0n) is 13.6. The molecule has 6 heteroatoms. The van der Waals surface area contributed by atoms with Crippen LogP contribution in [0, 0.1) is 0 Å². The predicted molar refractivity (Wildman–Crippen MR) is 93.8 cm³/mol. The SMILES string of the molecule is COC(=O)c1cccc2c1CCCN2C(=O)c1cccnc1SC. The molecule has 0 bridgehead atoms. The Balaban J connectivity index is 2.04. The maximum Gasteiger partial charge on any atom is 0.338 e. The van der Waals surface area contributed by atoms with E-state index >= 15 is 0 Å². The maximum absolute atomic E-state index is 13.0. The second kappa shape index (κ2) is 7.05. The van der Waals surface area contributed by atoms with Gasteiger partial charge < -0.3 is 9.64 Å². The number of amides is 1. The normalized spacial score (nSPS) is 13.3. The molecule has 5 nitrogen and oxygen atoms in total. The van der Waals surface area contributed by atoms with Crippen molar-refractivity contribution in [1.82, 2.24) is 4.98 Å². The van der Waals surface area contributed by atoms with E-state index in [-0.39, 0.29) is 11.9 Å². The fourth-order valence-corrected chi connectivity index (χ4v) is 3.54. The lowest BCUT2D eigenvalue weighted by Gasteiger charge is -2.30. The first-order valence-electron chi connectivity index (χ1n) is 7.68. The Morgan fingerprint density at radius 1 is 1.21 bits per heavy atom. The highest BCUT2D eigenvalue weighted by atomic mass is 32.2. The summed E-state index contributed by atoms with van der Waals surface area (Å²) in [5, 5.41) is 0.707. The van der Waals surface area contributed by atoms with Crippen molar-refractivity contribution in [3.63, 3.8) is 0 Å². The summed E-state index contributed by atoms with van der Waals surface area (Å²) in [5.74, 6) is -0.456. The van der Waals surface area contributed by atoms with Gasteiger partial charge in [0, 0.05) is 18.4 Å².